The van der Waals surface area contributed by atoms with Crippen LogP contribution in [0.25, 0.3) is 0 Å². The van der Waals surface area contributed by atoms with Crippen molar-refractivity contribution < 1.29 is 13.2 Å². The molecule has 0 bridgehead atoms. The quantitative estimate of drug-likeness (QED) is 0.735. The van der Waals surface area contributed by atoms with Crippen molar-refractivity contribution in [2.75, 3.05) is 15.9 Å². The van der Waals surface area contributed by atoms with Crippen molar-refractivity contribution in [3.63, 3.8) is 0 Å². The molecule has 152 valence electrons. The third kappa shape index (κ3) is 5.35. The SMILES string of the molecule is CC[C@@H](C(=O)Nc1ccc(C(C)C)cc1)N(c1cc(C)cc(C)c1)S(C)(=O)=O. The summed E-state index contributed by atoms with van der Waals surface area (Å²) in [5.74, 6) is 0.0582. The summed E-state index contributed by atoms with van der Waals surface area (Å²) in [6, 6.07) is 12.4. The second-order valence-corrected chi connectivity index (χ2v) is 9.45. The monoisotopic (exact) mass is 402 g/mol. The van der Waals surface area contributed by atoms with Crippen LogP contribution in [0.2, 0.25) is 0 Å². The van der Waals surface area contributed by atoms with E-state index in [1.54, 1.807) is 12.1 Å². The number of aryl methyl sites for hydroxylation is 2. The Bertz CT molecular complexity index is 915. The van der Waals surface area contributed by atoms with Gasteiger partial charge in [0.1, 0.15) is 6.04 Å². The Kier molecular flexibility index (Phi) is 6.88. The molecule has 1 amide bonds. The lowest BCUT2D eigenvalue weighted by Crippen LogP contribution is -2.47. The van der Waals surface area contributed by atoms with E-state index >= 15 is 0 Å². The van der Waals surface area contributed by atoms with Gasteiger partial charge in [-0.05, 0) is 67.1 Å². The molecule has 0 fully saturated rings. The number of hydrogen-bond donors (Lipinski definition) is 1. The van der Waals surface area contributed by atoms with Crippen LogP contribution in [0.1, 0.15) is 49.8 Å². The summed E-state index contributed by atoms with van der Waals surface area (Å²) in [5, 5.41) is 2.87. The highest BCUT2D eigenvalue weighted by atomic mass is 32.2. The molecule has 6 heteroatoms. The van der Waals surface area contributed by atoms with Gasteiger partial charge in [0.15, 0.2) is 0 Å². The molecule has 0 heterocycles. The highest BCUT2D eigenvalue weighted by Gasteiger charge is 2.31. The summed E-state index contributed by atoms with van der Waals surface area (Å²) in [7, 11) is -3.65. The zero-order valence-corrected chi connectivity index (χ0v) is 18.3. The Balaban J connectivity index is 2.36. The second kappa shape index (κ2) is 8.78. The topological polar surface area (TPSA) is 66.5 Å². The van der Waals surface area contributed by atoms with E-state index in [1.165, 1.54) is 9.87 Å². The van der Waals surface area contributed by atoms with Crippen molar-refractivity contribution >= 4 is 27.3 Å². The van der Waals surface area contributed by atoms with Gasteiger partial charge in [0.25, 0.3) is 0 Å². The number of sulfonamides is 1. The Hall–Kier alpha value is -2.34. The van der Waals surface area contributed by atoms with Crippen LogP contribution < -0.4 is 9.62 Å². The molecule has 2 aromatic carbocycles. The third-order valence-electron chi connectivity index (χ3n) is 4.64. The van der Waals surface area contributed by atoms with Crippen molar-refractivity contribution in [2.45, 2.75) is 53.0 Å². The average Bonchev–Trinajstić information content (AvgIpc) is 2.57. The number of nitrogens with one attached hydrogen (secondary N) is 1. The van der Waals surface area contributed by atoms with E-state index in [9.17, 15) is 13.2 Å². The highest BCUT2D eigenvalue weighted by molar-refractivity contribution is 7.92. The minimum absolute atomic E-state index is 0.343. The first kappa shape index (κ1) is 22.0. The van der Waals surface area contributed by atoms with Crippen LogP contribution in [0.3, 0.4) is 0 Å². The molecule has 0 aliphatic rings. The van der Waals surface area contributed by atoms with Crippen molar-refractivity contribution in [1.29, 1.82) is 0 Å². The summed E-state index contributed by atoms with van der Waals surface area (Å²) in [5.41, 5.74) is 4.24. The maximum Gasteiger partial charge on any atom is 0.248 e. The Labute approximate surface area is 168 Å². The molecule has 0 aliphatic heterocycles. The number of amides is 1. The maximum atomic E-state index is 13.0. The van der Waals surface area contributed by atoms with Crippen LogP contribution in [-0.2, 0) is 14.8 Å². The number of hydrogen-bond acceptors (Lipinski definition) is 3. The van der Waals surface area contributed by atoms with E-state index in [0.29, 0.717) is 23.7 Å². The number of anilines is 2. The first-order valence-corrected chi connectivity index (χ1v) is 11.4. The van der Waals surface area contributed by atoms with Crippen LogP contribution in [0.5, 0.6) is 0 Å². The van der Waals surface area contributed by atoms with Gasteiger partial charge < -0.3 is 5.32 Å². The van der Waals surface area contributed by atoms with E-state index in [0.717, 1.165) is 17.4 Å². The first-order valence-electron chi connectivity index (χ1n) is 9.51. The lowest BCUT2D eigenvalue weighted by atomic mass is 10.0. The van der Waals surface area contributed by atoms with Gasteiger partial charge in [0.05, 0.1) is 11.9 Å². The van der Waals surface area contributed by atoms with Gasteiger partial charge >= 0.3 is 0 Å². The lowest BCUT2D eigenvalue weighted by molar-refractivity contribution is -0.117. The van der Waals surface area contributed by atoms with E-state index in [4.69, 9.17) is 0 Å². The molecule has 1 atom stereocenters. The molecule has 2 rings (SSSR count). The third-order valence-corrected chi connectivity index (χ3v) is 5.82. The molecule has 1 N–H and O–H groups in total. The van der Waals surface area contributed by atoms with E-state index < -0.39 is 16.1 Å². The van der Waals surface area contributed by atoms with Gasteiger partial charge in [-0.1, -0.05) is 39.0 Å². The average molecular weight is 403 g/mol. The fourth-order valence-corrected chi connectivity index (χ4v) is 4.51. The molecule has 2 aromatic rings. The molecule has 0 unspecified atom stereocenters. The molecular weight excluding hydrogens is 372 g/mol. The number of benzene rings is 2. The maximum absolute atomic E-state index is 13.0. The summed E-state index contributed by atoms with van der Waals surface area (Å²) < 4.78 is 26.4. The highest BCUT2D eigenvalue weighted by Crippen LogP contribution is 2.26. The molecule has 0 aromatic heterocycles. The van der Waals surface area contributed by atoms with Gasteiger partial charge in [-0.15, -0.1) is 0 Å². The second-order valence-electron chi connectivity index (χ2n) is 7.59. The summed E-state index contributed by atoms with van der Waals surface area (Å²) in [4.78, 5) is 13.0. The minimum Gasteiger partial charge on any atom is -0.324 e. The number of carbonyl (C=O) groups is 1. The van der Waals surface area contributed by atoms with Crippen LogP contribution in [0, 0.1) is 13.8 Å². The van der Waals surface area contributed by atoms with Crippen LogP contribution in [-0.4, -0.2) is 26.6 Å². The number of rotatable bonds is 7. The predicted octanol–water partition coefficient (Wildman–Crippen LogP) is 4.61. The summed E-state index contributed by atoms with van der Waals surface area (Å²) in [6.45, 7) is 9.85. The zero-order chi connectivity index (χ0) is 21.1. The van der Waals surface area contributed by atoms with Gasteiger partial charge in [0.2, 0.25) is 15.9 Å². The molecule has 28 heavy (non-hydrogen) atoms. The Morgan fingerprint density at radius 1 is 1.04 bits per heavy atom. The fourth-order valence-electron chi connectivity index (χ4n) is 3.32. The van der Waals surface area contributed by atoms with Crippen LogP contribution in [0.4, 0.5) is 11.4 Å². The largest absolute Gasteiger partial charge is 0.324 e. The van der Waals surface area contributed by atoms with Crippen LogP contribution >= 0.6 is 0 Å². The van der Waals surface area contributed by atoms with E-state index in [1.807, 2.05) is 51.1 Å². The van der Waals surface area contributed by atoms with Gasteiger partial charge in [-0.25, -0.2) is 8.42 Å². The normalized spacial score (nSPS) is 12.7. The van der Waals surface area contributed by atoms with Crippen molar-refractivity contribution in [3.8, 4) is 0 Å². The van der Waals surface area contributed by atoms with Gasteiger partial charge in [-0.3, -0.25) is 9.10 Å². The predicted molar refractivity (Wildman–Crippen MR) is 116 cm³/mol. The molecule has 0 spiro atoms. The minimum atomic E-state index is -3.65. The summed E-state index contributed by atoms with van der Waals surface area (Å²) >= 11 is 0. The van der Waals surface area contributed by atoms with Gasteiger partial charge in [0, 0.05) is 5.69 Å². The zero-order valence-electron chi connectivity index (χ0n) is 17.5. The molecular formula is C22H30N2O3S. The first-order chi connectivity index (χ1) is 13.0. The van der Waals surface area contributed by atoms with Crippen LogP contribution in [0.15, 0.2) is 42.5 Å². The fraction of sp³-hybridized carbons (Fsp3) is 0.409. The van der Waals surface area contributed by atoms with E-state index in [-0.39, 0.29) is 5.91 Å². The molecule has 0 saturated heterocycles. The van der Waals surface area contributed by atoms with E-state index in [2.05, 4.69) is 19.2 Å². The molecule has 5 nitrogen and oxygen atoms in total. The number of carbonyl (C=O) groups excluding carboxylic acids is 1. The Morgan fingerprint density at radius 3 is 2.00 bits per heavy atom. The lowest BCUT2D eigenvalue weighted by Gasteiger charge is -2.30. The van der Waals surface area contributed by atoms with Crippen molar-refractivity contribution in [3.05, 3.63) is 59.2 Å². The molecule has 0 saturated carbocycles. The standard InChI is InChI=1S/C22H30N2O3S/c1-7-21(22(25)23-19-10-8-18(9-11-19)15(2)3)24(28(6,26)27)20-13-16(4)12-17(5)14-20/h8-15,21H,7H2,1-6H3,(H,23,25)/t21-/m0/s1. The smallest absolute Gasteiger partial charge is 0.248 e. The Morgan fingerprint density at radius 2 is 1.57 bits per heavy atom. The van der Waals surface area contributed by atoms with Crippen molar-refractivity contribution in [1.82, 2.24) is 0 Å². The van der Waals surface area contributed by atoms with Gasteiger partial charge in [-0.2, -0.15) is 0 Å². The molecule has 0 aliphatic carbocycles. The van der Waals surface area contributed by atoms with Crippen molar-refractivity contribution in [2.24, 2.45) is 0 Å². The number of nitrogens with zero attached hydrogens (tertiary/aromatic N) is 1. The molecule has 0 radical (unpaired) electrons. The summed E-state index contributed by atoms with van der Waals surface area (Å²) in [6.07, 6.45) is 1.49.